The second-order valence-electron chi connectivity index (χ2n) is 6.52. The predicted octanol–water partition coefficient (Wildman–Crippen LogP) is 2.54. The van der Waals surface area contributed by atoms with Gasteiger partial charge in [0, 0.05) is 13.6 Å². The molecule has 28 heavy (non-hydrogen) atoms. The predicted molar refractivity (Wildman–Crippen MR) is 115 cm³/mol. The lowest BCUT2D eigenvalue weighted by atomic mass is 10.2. The lowest BCUT2D eigenvalue weighted by Crippen LogP contribution is -2.40. The molecule has 0 bridgehead atoms. The number of benzene rings is 2. The van der Waals surface area contributed by atoms with Gasteiger partial charge in [0.05, 0.1) is 18.1 Å². The number of aryl methyl sites for hydroxylation is 1. The number of ether oxygens (including phenoxy) is 1. The topological polar surface area (TPSA) is 79.8 Å². The van der Waals surface area contributed by atoms with Crippen LogP contribution in [0.5, 0.6) is 5.75 Å². The largest absolute Gasteiger partial charge is 0.492 e. The molecular formula is C21H29N3O3S. The first-order valence-corrected chi connectivity index (χ1v) is 11.2. The highest BCUT2D eigenvalue weighted by Gasteiger charge is 2.11. The minimum atomic E-state index is -3.11. The molecule has 6 nitrogen and oxygen atoms in total. The average Bonchev–Trinajstić information content (AvgIpc) is 2.68. The van der Waals surface area contributed by atoms with Crippen molar-refractivity contribution in [2.75, 3.05) is 32.5 Å². The van der Waals surface area contributed by atoms with Crippen molar-refractivity contribution in [3.05, 3.63) is 65.7 Å². The molecule has 0 atom stereocenters. The minimum absolute atomic E-state index is 0.0805. The van der Waals surface area contributed by atoms with Crippen LogP contribution < -0.4 is 15.4 Å². The molecule has 0 aromatic heterocycles. The molecule has 0 radical (unpaired) electrons. The molecule has 2 rings (SSSR count). The molecule has 0 unspecified atom stereocenters. The highest BCUT2D eigenvalue weighted by molar-refractivity contribution is 7.90. The highest BCUT2D eigenvalue weighted by atomic mass is 32.2. The van der Waals surface area contributed by atoms with Gasteiger partial charge < -0.3 is 15.4 Å². The van der Waals surface area contributed by atoms with E-state index in [1.54, 1.807) is 7.05 Å². The van der Waals surface area contributed by atoms with Crippen LogP contribution in [-0.2, 0) is 15.6 Å². The number of hydrogen-bond donors (Lipinski definition) is 2. The summed E-state index contributed by atoms with van der Waals surface area (Å²) in [6.07, 6.45) is 0.524. The van der Waals surface area contributed by atoms with E-state index < -0.39 is 9.84 Å². The van der Waals surface area contributed by atoms with Gasteiger partial charge in [0.25, 0.3) is 0 Å². The number of nitrogens with zero attached hydrogens (tertiary/aromatic N) is 1. The van der Waals surface area contributed by atoms with Gasteiger partial charge in [-0.3, -0.25) is 4.99 Å². The van der Waals surface area contributed by atoms with E-state index in [1.807, 2.05) is 61.5 Å². The number of hydrogen-bond acceptors (Lipinski definition) is 4. The molecule has 0 aliphatic carbocycles. The van der Waals surface area contributed by atoms with Gasteiger partial charge in [-0.1, -0.05) is 48.0 Å². The van der Waals surface area contributed by atoms with Gasteiger partial charge in [0.1, 0.15) is 12.4 Å². The van der Waals surface area contributed by atoms with Crippen molar-refractivity contribution in [2.24, 2.45) is 4.99 Å². The van der Waals surface area contributed by atoms with Crippen molar-refractivity contribution in [2.45, 2.75) is 19.1 Å². The molecule has 152 valence electrons. The van der Waals surface area contributed by atoms with Crippen molar-refractivity contribution >= 4 is 15.8 Å². The van der Waals surface area contributed by atoms with Gasteiger partial charge in [0.15, 0.2) is 15.8 Å². The Morgan fingerprint density at radius 2 is 1.68 bits per heavy atom. The Morgan fingerprint density at radius 3 is 2.36 bits per heavy atom. The SMILES string of the molecule is CN=C(NCCCS(=O)(=O)Cc1ccccc1)NCCOc1ccc(C)cc1. The average molecular weight is 404 g/mol. The molecule has 0 saturated carbocycles. The second kappa shape index (κ2) is 11.3. The molecule has 2 N–H and O–H groups in total. The van der Waals surface area contributed by atoms with E-state index in [9.17, 15) is 8.42 Å². The van der Waals surface area contributed by atoms with E-state index >= 15 is 0 Å². The maximum Gasteiger partial charge on any atom is 0.191 e. The van der Waals surface area contributed by atoms with Gasteiger partial charge in [0.2, 0.25) is 0 Å². The van der Waals surface area contributed by atoms with Crippen molar-refractivity contribution in [3.63, 3.8) is 0 Å². The number of sulfone groups is 1. The molecular weight excluding hydrogens is 374 g/mol. The molecule has 0 fully saturated rings. The fourth-order valence-electron chi connectivity index (χ4n) is 2.59. The maximum absolute atomic E-state index is 12.2. The minimum Gasteiger partial charge on any atom is -0.492 e. The molecule has 2 aromatic carbocycles. The molecule has 0 spiro atoms. The van der Waals surface area contributed by atoms with Gasteiger partial charge in [-0.2, -0.15) is 0 Å². The Hall–Kier alpha value is -2.54. The molecule has 0 amide bonds. The normalized spacial score (nSPS) is 11.9. The summed E-state index contributed by atoms with van der Waals surface area (Å²) < 4.78 is 30.0. The zero-order chi connectivity index (χ0) is 20.2. The molecule has 0 saturated heterocycles. The van der Waals surface area contributed by atoms with E-state index in [0.717, 1.165) is 11.3 Å². The first-order chi connectivity index (χ1) is 13.5. The lowest BCUT2D eigenvalue weighted by Gasteiger charge is -2.12. The Kier molecular flexibility index (Phi) is 8.81. The molecule has 0 aliphatic rings. The third kappa shape index (κ3) is 8.43. The van der Waals surface area contributed by atoms with Crippen molar-refractivity contribution in [3.8, 4) is 5.75 Å². The van der Waals surface area contributed by atoms with Crippen LogP contribution in [0.25, 0.3) is 0 Å². The summed E-state index contributed by atoms with van der Waals surface area (Å²) in [5.41, 5.74) is 2.02. The van der Waals surface area contributed by atoms with Gasteiger partial charge >= 0.3 is 0 Å². The first kappa shape index (κ1) is 21.8. The third-order valence-electron chi connectivity index (χ3n) is 4.06. The monoisotopic (exact) mass is 403 g/mol. The van der Waals surface area contributed by atoms with Crippen LogP contribution in [0, 0.1) is 6.92 Å². The van der Waals surface area contributed by atoms with Gasteiger partial charge in [-0.25, -0.2) is 8.42 Å². The van der Waals surface area contributed by atoms with E-state index in [1.165, 1.54) is 5.56 Å². The van der Waals surface area contributed by atoms with Crippen LogP contribution in [0.3, 0.4) is 0 Å². The zero-order valence-corrected chi connectivity index (χ0v) is 17.3. The standard InChI is InChI=1S/C21H29N3O3S/c1-18-9-11-20(12-10-18)27-15-14-24-21(22-2)23-13-6-16-28(25,26)17-19-7-4-3-5-8-19/h3-5,7-12H,6,13-17H2,1-2H3,(H2,22,23,24). The Balaban J connectivity index is 1.62. The van der Waals surface area contributed by atoms with Crippen LogP contribution in [0.15, 0.2) is 59.6 Å². The van der Waals surface area contributed by atoms with Crippen LogP contribution in [-0.4, -0.2) is 46.9 Å². The van der Waals surface area contributed by atoms with Gasteiger partial charge in [-0.15, -0.1) is 0 Å². The van der Waals surface area contributed by atoms with Crippen LogP contribution in [0.1, 0.15) is 17.5 Å². The summed E-state index contributed by atoms with van der Waals surface area (Å²) in [6.45, 7) is 3.68. The summed E-state index contributed by atoms with van der Waals surface area (Å²) in [4.78, 5) is 4.14. The van der Waals surface area contributed by atoms with E-state index in [2.05, 4.69) is 15.6 Å². The van der Waals surface area contributed by atoms with Crippen molar-refractivity contribution in [1.82, 2.24) is 10.6 Å². The summed E-state index contributed by atoms with van der Waals surface area (Å²) in [7, 11) is -1.43. The fourth-order valence-corrected chi connectivity index (χ4v) is 4.02. The van der Waals surface area contributed by atoms with Crippen LogP contribution in [0.2, 0.25) is 0 Å². The van der Waals surface area contributed by atoms with E-state index in [0.29, 0.717) is 32.1 Å². The Morgan fingerprint density at radius 1 is 1.00 bits per heavy atom. The fraction of sp³-hybridized carbons (Fsp3) is 0.381. The molecule has 2 aromatic rings. The summed E-state index contributed by atoms with van der Waals surface area (Å²) in [6, 6.07) is 17.2. The molecule has 7 heteroatoms. The first-order valence-electron chi connectivity index (χ1n) is 9.37. The molecule has 0 aliphatic heterocycles. The van der Waals surface area contributed by atoms with E-state index in [-0.39, 0.29) is 11.5 Å². The van der Waals surface area contributed by atoms with E-state index in [4.69, 9.17) is 4.74 Å². The van der Waals surface area contributed by atoms with Crippen molar-refractivity contribution < 1.29 is 13.2 Å². The smallest absolute Gasteiger partial charge is 0.191 e. The summed E-state index contributed by atoms with van der Waals surface area (Å²) >= 11 is 0. The number of rotatable bonds is 10. The van der Waals surface area contributed by atoms with Crippen molar-refractivity contribution in [1.29, 1.82) is 0 Å². The number of aliphatic imine (C=N–C) groups is 1. The van der Waals surface area contributed by atoms with Crippen LogP contribution in [0.4, 0.5) is 0 Å². The second-order valence-corrected chi connectivity index (χ2v) is 8.70. The number of nitrogens with one attached hydrogen (secondary N) is 2. The van der Waals surface area contributed by atoms with Gasteiger partial charge in [-0.05, 0) is 31.0 Å². The Labute approximate surface area is 168 Å². The quantitative estimate of drug-likeness (QED) is 0.362. The summed E-state index contributed by atoms with van der Waals surface area (Å²) in [5, 5.41) is 6.28. The Bertz CT molecular complexity index is 835. The molecule has 0 heterocycles. The zero-order valence-electron chi connectivity index (χ0n) is 16.5. The summed E-state index contributed by atoms with van der Waals surface area (Å²) in [5.74, 6) is 1.69. The maximum atomic E-state index is 12.2. The highest BCUT2D eigenvalue weighted by Crippen LogP contribution is 2.10. The lowest BCUT2D eigenvalue weighted by molar-refractivity contribution is 0.322. The number of guanidine groups is 1. The third-order valence-corrected chi connectivity index (χ3v) is 5.75. The van der Waals surface area contributed by atoms with Crippen LogP contribution >= 0.6 is 0 Å².